The first-order chi connectivity index (χ1) is 17.3. The Labute approximate surface area is 212 Å². The molecule has 3 aromatic rings. The molecule has 1 atom stereocenters. The van der Waals surface area contributed by atoms with E-state index in [1.165, 1.54) is 0 Å². The van der Waals surface area contributed by atoms with E-state index in [-0.39, 0.29) is 17.9 Å². The van der Waals surface area contributed by atoms with E-state index in [1.807, 2.05) is 55.5 Å². The molecular weight excluding hydrogens is 472 g/mol. The summed E-state index contributed by atoms with van der Waals surface area (Å²) in [6.07, 6.45) is 2.21. The molecule has 0 radical (unpaired) electrons. The Balaban J connectivity index is 1.50. The molecule has 1 N–H and O–H groups in total. The minimum Gasteiger partial charge on any atom is -0.490 e. The van der Waals surface area contributed by atoms with Crippen LogP contribution in [0.3, 0.4) is 0 Å². The molecule has 7 nitrogen and oxygen atoms in total. The Morgan fingerprint density at radius 2 is 1.86 bits per heavy atom. The highest BCUT2D eigenvalue weighted by Crippen LogP contribution is 2.47. The van der Waals surface area contributed by atoms with Crippen LogP contribution in [0.5, 0.6) is 5.75 Å². The van der Waals surface area contributed by atoms with Gasteiger partial charge in [-0.15, -0.1) is 0 Å². The van der Waals surface area contributed by atoms with Crippen LogP contribution in [0.15, 0.2) is 54.6 Å². The molecule has 1 unspecified atom stereocenters. The second-order valence-electron chi connectivity index (χ2n) is 9.49. The van der Waals surface area contributed by atoms with Crippen LogP contribution >= 0.6 is 0 Å². The maximum atomic E-state index is 13.3. The second-order valence-corrected chi connectivity index (χ2v) is 11.6. The molecule has 36 heavy (non-hydrogen) atoms. The average molecular weight is 503 g/mol. The van der Waals surface area contributed by atoms with Gasteiger partial charge in [0.05, 0.1) is 35.0 Å². The van der Waals surface area contributed by atoms with Gasteiger partial charge in [0.1, 0.15) is 11.9 Å². The molecule has 0 saturated carbocycles. The number of sulfonamides is 1. The first-order valence-corrected chi connectivity index (χ1v) is 14.0. The molecule has 2 aliphatic heterocycles. The number of hydrogen-bond acceptors (Lipinski definition) is 5. The van der Waals surface area contributed by atoms with Gasteiger partial charge in [-0.25, -0.2) is 8.42 Å². The van der Waals surface area contributed by atoms with E-state index in [4.69, 9.17) is 10.1 Å². The predicted molar refractivity (Wildman–Crippen MR) is 142 cm³/mol. The summed E-state index contributed by atoms with van der Waals surface area (Å²) in [5, 5.41) is 19.1. The van der Waals surface area contributed by atoms with Gasteiger partial charge in [0.2, 0.25) is 10.0 Å². The number of ether oxygens (including phenoxy) is 1. The molecule has 3 aromatic carbocycles. The van der Waals surface area contributed by atoms with Gasteiger partial charge in [-0.2, -0.15) is 5.26 Å². The van der Waals surface area contributed by atoms with E-state index < -0.39 is 10.0 Å². The monoisotopic (exact) mass is 502 g/mol. The molecule has 0 aliphatic carbocycles. The van der Waals surface area contributed by atoms with Crippen molar-refractivity contribution in [3.05, 3.63) is 71.3 Å². The lowest BCUT2D eigenvalue weighted by Crippen LogP contribution is -2.40. The van der Waals surface area contributed by atoms with Crippen LogP contribution in [-0.2, 0) is 16.4 Å². The van der Waals surface area contributed by atoms with Crippen LogP contribution in [-0.4, -0.2) is 44.1 Å². The van der Waals surface area contributed by atoms with Gasteiger partial charge < -0.3 is 9.64 Å². The van der Waals surface area contributed by atoms with Crippen molar-refractivity contribution in [3.8, 4) is 11.8 Å². The maximum Gasteiger partial charge on any atom is 0.235 e. The van der Waals surface area contributed by atoms with Gasteiger partial charge in [0, 0.05) is 37.9 Å². The number of fused-ring (bicyclic) bond motifs is 2. The van der Waals surface area contributed by atoms with Gasteiger partial charge >= 0.3 is 0 Å². The molecule has 5 rings (SSSR count). The zero-order valence-electron chi connectivity index (χ0n) is 20.6. The Hall–Kier alpha value is -3.57. The third-order valence-corrected chi connectivity index (χ3v) is 9.06. The quantitative estimate of drug-likeness (QED) is 0.391. The fourth-order valence-electron chi connectivity index (χ4n) is 5.29. The van der Waals surface area contributed by atoms with Gasteiger partial charge in [-0.05, 0) is 60.5 Å². The van der Waals surface area contributed by atoms with E-state index in [1.54, 1.807) is 17.3 Å². The minimum absolute atomic E-state index is 0.00161. The Kier molecular flexibility index (Phi) is 6.35. The van der Waals surface area contributed by atoms with Crippen LogP contribution in [0.1, 0.15) is 49.4 Å². The van der Waals surface area contributed by atoms with Crippen molar-refractivity contribution in [2.75, 3.05) is 23.1 Å². The smallest absolute Gasteiger partial charge is 0.235 e. The molecule has 0 spiro atoms. The first kappa shape index (κ1) is 24.1. The predicted octanol–water partition coefficient (Wildman–Crippen LogP) is 5.01. The topological polar surface area (TPSA) is 97.5 Å². The van der Waals surface area contributed by atoms with E-state index in [2.05, 4.69) is 11.0 Å². The number of amidine groups is 1. The van der Waals surface area contributed by atoms with Crippen LogP contribution in [0.2, 0.25) is 0 Å². The number of benzene rings is 3. The van der Waals surface area contributed by atoms with Crippen molar-refractivity contribution in [1.82, 2.24) is 4.90 Å². The van der Waals surface area contributed by atoms with Crippen LogP contribution in [0.25, 0.3) is 10.8 Å². The summed E-state index contributed by atoms with van der Waals surface area (Å²) in [6.45, 7) is 5.05. The van der Waals surface area contributed by atoms with Crippen molar-refractivity contribution in [2.45, 2.75) is 45.3 Å². The number of anilines is 1. The first-order valence-electron chi connectivity index (χ1n) is 12.4. The van der Waals surface area contributed by atoms with Gasteiger partial charge in [0.25, 0.3) is 0 Å². The van der Waals surface area contributed by atoms with Crippen LogP contribution < -0.4 is 9.04 Å². The minimum atomic E-state index is -3.55. The van der Waals surface area contributed by atoms with E-state index in [0.29, 0.717) is 23.5 Å². The summed E-state index contributed by atoms with van der Waals surface area (Å²) in [4.78, 5) is 2.05. The molecule has 0 amide bonds. The molecule has 2 heterocycles. The number of piperidine rings is 1. The van der Waals surface area contributed by atoms with E-state index >= 15 is 0 Å². The zero-order valence-corrected chi connectivity index (χ0v) is 21.4. The second kappa shape index (κ2) is 9.47. The zero-order chi connectivity index (χ0) is 25.4. The summed E-state index contributed by atoms with van der Waals surface area (Å²) in [7, 11) is -3.55. The fraction of sp³-hybridized carbons (Fsp3) is 0.357. The molecule has 0 bridgehead atoms. The highest BCUT2D eigenvalue weighted by atomic mass is 32.2. The van der Waals surface area contributed by atoms with Crippen molar-refractivity contribution < 1.29 is 13.2 Å². The number of hydrogen-bond donors (Lipinski definition) is 1. The average Bonchev–Trinajstić information content (AvgIpc) is 3.30. The lowest BCUT2D eigenvalue weighted by molar-refractivity contribution is 0.129. The summed E-state index contributed by atoms with van der Waals surface area (Å²) >= 11 is 0. The standard InChI is InChI=1S/C28H30N4O3S/c1-3-36(33,34)32-26-5-4-6-28(35-24-11-13-31(14-12-24)19(2)30)25(26)17-27(32)22-10-9-21-8-7-20(18-29)15-23(21)16-22/h4-10,15-16,24,27,30H,3,11-14,17H2,1-2H3. The van der Waals surface area contributed by atoms with E-state index in [9.17, 15) is 13.7 Å². The van der Waals surface area contributed by atoms with Crippen LogP contribution in [0, 0.1) is 16.7 Å². The number of likely N-dealkylation sites (tertiary alicyclic amines) is 1. The Morgan fingerprint density at radius 1 is 1.11 bits per heavy atom. The summed E-state index contributed by atoms with van der Waals surface area (Å²) in [6, 6.07) is 19.0. The number of nitriles is 1. The van der Waals surface area contributed by atoms with Crippen LogP contribution in [0.4, 0.5) is 5.69 Å². The summed E-state index contributed by atoms with van der Waals surface area (Å²) < 4.78 is 34.7. The van der Waals surface area contributed by atoms with E-state index in [0.717, 1.165) is 53.6 Å². The van der Waals surface area contributed by atoms with Gasteiger partial charge in [-0.1, -0.05) is 24.3 Å². The van der Waals surface area contributed by atoms with Gasteiger partial charge in [-0.3, -0.25) is 9.71 Å². The number of rotatable bonds is 5. The highest BCUT2D eigenvalue weighted by molar-refractivity contribution is 7.92. The maximum absolute atomic E-state index is 13.3. The van der Waals surface area contributed by atoms with Crippen molar-refractivity contribution >= 4 is 32.3 Å². The summed E-state index contributed by atoms with van der Waals surface area (Å²) in [5.41, 5.74) is 3.06. The SMILES string of the molecule is CCS(=O)(=O)N1c2cccc(OC3CCN(C(C)=N)CC3)c2CC1c1ccc2ccc(C#N)cc2c1. The third kappa shape index (κ3) is 4.40. The Morgan fingerprint density at radius 3 is 2.56 bits per heavy atom. The molecule has 0 aromatic heterocycles. The Bertz CT molecular complexity index is 1470. The molecular formula is C28H30N4O3S. The molecule has 1 saturated heterocycles. The van der Waals surface area contributed by atoms with Crippen molar-refractivity contribution in [3.63, 3.8) is 0 Å². The third-order valence-electron chi connectivity index (χ3n) is 7.28. The molecule has 186 valence electrons. The largest absolute Gasteiger partial charge is 0.490 e. The van der Waals surface area contributed by atoms with Crippen molar-refractivity contribution in [2.24, 2.45) is 0 Å². The molecule has 1 fully saturated rings. The lowest BCUT2D eigenvalue weighted by atomic mass is 9.98. The molecule has 8 heteroatoms. The summed E-state index contributed by atoms with van der Waals surface area (Å²) in [5.74, 6) is 1.32. The van der Waals surface area contributed by atoms with Gasteiger partial charge in [0.15, 0.2) is 0 Å². The fourth-order valence-corrected chi connectivity index (χ4v) is 6.62. The number of nitrogens with zero attached hydrogens (tertiary/aromatic N) is 3. The normalized spacial score (nSPS) is 18.2. The van der Waals surface area contributed by atoms with Crippen molar-refractivity contribution in [1.29, 1.82) is 10.7 Å². The molecule has 2 aliphatic rings. The number of nitrogens with one attached hydrogen (secondary N) is 1. The highest BCUT2D eigenvalue weighted by Gasteiger charge is 2.39. The lowest BCUT2D eigenvalue weighted by Gasteiger charge is -2.33.